The smallest absolute Gasteiger partial charge is 0.328 e. The molecule has 5 nitrogen and oxygen atoms in total. The molecule has 0 radical (unpaired) electrons. The average molecular weight is 277 g/mol. The van der Waals surface area contributed by atoms with Crippen LogP contribution in [-0.4, -0.2) is 28.4 Å². The normalized spacial score (nSPS) is 18.8. The Morgan fingerprint density at radius 3 is 2.90 bits per heavy atom. The second kappa shape index (κ2) is 6.05. The van der Waals surface area contributed by atoms with Crippen LogP contribution >= 0.6 is 0 Å². The van der Waals surface area contributed by atoms with Crippen molar-refractivity contribution in [3.8, 4) is 0 Å². The van der Waals surface area contributed by atoms with Crippen LogP contribution in [0.1, 0.15) is 29.7 Å². The Hall–Kier alpha value is -1.88. The van der Waals surface area contributed by atoms with Gasteiger partial charge in [0.2, 0.25) is 0 Å². The van der Waals surface area contributed by atoms with Crippen molar-refractivity contribution < 1.29 is 14.6 Å². The average Bonchev–Trinajstić information content (AvgIpc) is 2.86. The van der Waals surface area contributed by atoms with Gasteiger partial charge in [-0.05, 0) is 44.4 Å². The molecular formula is C15H19NO4. The predicted octanol–water partition coefficient (Wildman–Crippen LogP) is 1.74. The van der Waals surface area contributed by atoms with Crippen molar-refractivity contribution in [2.24, 2.45) is 0 Å². The third kappa shape index (κ3) is 3.17. The van der Waals surface area contributed by atoms with Gasteiger partial charge < -0.3 is 14.4 Å². The number of aliphatic carboxylic acids is 1. The Morgan fingerprint density at radius 2 is 2.30 bits per heavy atom. The molecule has 1 fully saturated rings. The van der Waals surface area contributed by atoms with Gasteiger partial charge in [-0.2, -0.15) is 0 Å². The van der Waals surface area contributed by atoms with Crippen molar-refractivity contribution in [2.75, 3.05) is 6.61 Å². The third-order valence-corrected chi connectivity index (χ3v) is 3.55. The van der Waals surface area contributed by atoms with Gasteiger partial charge in [0.25, 0.3) is 5.56 Å². The topological polar surface area (TPSA) is 68.5 Å². The molecule has 1 atom stereocenters. The van der Waals surface area contributed by atoms with Crippen LogP contribution in [0.4, 0.5) is 0 Å². The first-order chi connectivity index (χ1) is 9.49. The van der Waals surface area contributed by atoms with Gasteiger partial charge >= 0.3 is 5.97 Å². The van der Waals surface area contributed by atoms with Crippen molar-refractivity contribution in [1.29, 1.82) is 0 Å². The molecule has 1 N–H and O–H groups in total. The standard InChI is InChI=1S/C15H19NO4/c1-10-8-11(2)16(9-12-4-3-7-20-12)15(19)13(10)5-6-14(17)18/h5-6,8,12H,3-4,7,9H2,1-2H3,(H,17,18)/b6-5+. The summed E-state index contributed by atoms with van der Waals surface area (Å²) in [6.07, 6.45) is 4.42. The van der Waals surface area contributed by atoms with Gasteiger partial charge in [0.05, 0.1) is 12.6 Å². The van der Waals surface area contributed by atoms with E-state index in [1.165, 1.54) is 6.08 Å². The molecule has 1 aromatic heterocycles. The fraction of sp³-hybridized carbons (Fsp3) is 0.467. The molecule has 1 aromatic rings. The molecule has 0 aliphatic carbocycles. The summed E-state index contributed by atoms with van der Waals surface area (Å²) >= 11 is 0. The van der Waals surface area contributed by atoms with Crippen molar-refractivity contribution in [3.05, 3.63) is 39.3 Å². The summed E-state index contributed by atoms with van der Waals surface area (Å²) in [5.74, 6) is -1.06. The molecule has 0 saturated carbocycles. The summed E-state index contributed by atoms with van der Waals surface area (Å²) in [5, 5.41) is 8.69. The third-order valence-electron chi connectivity index (χ3n) is 3.55. The SMILES string of the molecule is Cc1cc(C)n(CC2CCCO2)c(=O)c1/C=C/C(=O)O. The zero-order chi connectivity index (χ0) is 14.7. The maximum atomic E-state index is 12.5. The maximum Gasteiger partial charge on any atom is 0.328 e. The van der Waals surface area contributed by atoms with Gasteiger partial charge in [-0.3, -0.25) is 4.79 Å². The number of carboxylic acids is 1. The molecule has 20 heavy (non-hydrogen) atoms. The van der Waals surface area contributed by atoms with E-state index in [4.69, 9.17) is 9.84 Å². The van der Waals surface area contributed by atoms with Gasteiger partial charge in [0.1, 0.15) is 0 Å². The highest BCUT2D eigenvalue weighted by Gasteiger charge is 2.18. The Kier molecular flexibility index (Phi) is 4.39. The number of aryl methyl sites for hydroxylation is 2. The molecule has 1 saturated heterocycles. The molecule has 0 bridgehead atoms. The van der Waals surface area contributed by atoms with Gasteiger partial charge in [0, 0.05) is 23.9 Å². The minimum atomic E-state index is -1.06. The van der Waals surface area contributed by atoms with Crippen LogP contribution in [-0.2, 0) is 16.1 Å². The number of carboxylic acid groups (broad SMARTS) is 1. The van der Waals surface area contributed by atoms with E-state index >= 15 is 0 Å². The lowest BCUT2D eigenvalue weighted by Crippen LogP contribution is -2.30. The highest BCUT2D eigenvalue weighted by molar-refractivity contribution is 5.85. The molecule has 0 spiro atoms. The highest BCUT2D eigenvalue weighted by Crippen LogP contribution is 2.15. The summed E-state index contributed by atoms with van der Waals surface area (Å²) in [7, 11) is 0. The summed E-state index contributed by atoms with van der Waals surface area (Å²) < 4.78 is 7.23. The predicted molar refractivity (Wildman–Crippen MR) is 75.8 cm³/mol. The lowest BCUT2D eigenvalue weighted by molar-refractivity contribution is -0.131. The van der Waals surface area contributed by atoms with Crippen molar-refractivity contribution >= 4 is 12.0 Å². The first-order valence-electron chi connectivity index (χ1n) is 6.72. The summed E-state index contributed by atoms with van der Waals surface area (Å²) in [6.45, 7) is 4.97. The van der Waals surface area contributed by atoms with Crippen LogP contribution in [0.2, 0.25) is 0 Å². The fourth-order valence-corrected chi connectivity index (χ4v) is 2.52. The van der Waals surface area contributed by atoms with E-state index in [9.17, 15) is 9.59 Å². The lowest BCUT2D eigenvalue weighted by Gasteiger charge is -2.16. The van der Waals surface area contributed by atoms with Crippen LogP contribution in [0.3, 0.4) is 0 Å². The van der Waals surface area contributed by atoms with E-state index in [2.05, 4.69) is 0 Å². The molecule has 2 rings (SSSR count). The minimum absolute atomic E-state index is 0.0745. The lowest BCUT2D eigenvalue weighted by atomic mass is 10.1. The van der Waals surface area contributed by atoms with Gasteiger partial charge in [-0.25, -0.2) is 4.79 Å². The van der Waals surface area contributed by atoms with E-state index < -0.39 is 5.97 Å². The number of rotatable bonds is 4. The summed E-state index contributed by atoms with van der Waals surface area (Å²) in [5.41, 5.74) is 1.93. The van der Waals surface area contributed by atoms with Gasteiger partial charge in [-0.15, -0.1) is 0 Å². The van der Waals surface area contributed by atoms with Crippen LogP contribution in [0, 0.1) is 13.8 Å². The minimum Gasteiger partial charge on any atom is -0.478 e. The van der Waals surface area contributed by atoms with Crippen LogP contribution in [0.25, 0.3) is 6.08 Å². The molecule has 1 aliphatic heterocycles. The number of aromatic nitrogens is 1. The summed E-state index contributed by atoms with van der Waals surface area (Å²) in [6, 6.07) is 1.90. The Balaban J connectivity index is 2.38. The Morgan fingerprint density at radius 1 is 1.55 bits per heavy atom. The zero-order valence-electron chi connectivity index (χ0n) is 11.8. The quantitative estimate of drug-likeness (QED) is 0.851. The second-order valence-electron chi connectivity index (χ2n) is 5.10. The molecule has 2 heterocycles. The molecule has 108 valence electrons. The van der Waals surface area contributed by atoms with Crippen molar-refractivity contribution in [3.63, 3.8) is 0 Å². The van der Waals surface area contributed by atoms with Crippen LogP contribution in [0.15, 0.2) is 16.9 Å². The largest absolute Gasteiger partial charge is 0.478 e. The van der Waals surface area contributed by atoms with E-state index in [1.807, 2.05) is 19.9 Å². The Labute approximate surface area is 117 Å². The molecule has 5 heteroatoms. The molecule has 1 unspecified atom stereocenters. The number of hydrogen-bond donors (Lipinski definition) is 1. The van der Waals surface area contributed by atoms with Crippen molar-refractivity contribution in [1.82, 2.24) is 4.57 Å². The molecule has 0 aromatic carbocycles. The fourth-order valence-electron chi connectivity index (χ4n) is 2.52. The number of carbonyl (C=O) groups is 1. The molecule has 1 aliphatic rings. The number of ether oxygens (including phenoxy) is 1. The zero-order valence-corrected chi connectivity index (χ0v) is 11.8. The first kappa shape index (κ1) is 14.5. The van der Waals surface area contributed by atoms with Crippen molar-refractivity contribution in [2.45, 2.75) is 39.3 Å². The number of pyridine rings is 1. The van der Waals surface area contributed by atoms with Crippen LogP contribution in [0.5, 0.6) is 0 Å². The Bertz CT molecular complexity index is 595. The second-order valence-corrected chi connectivity index (χ2v) is 5.10. The van der Waals surface area contributed by atoms with Crippen LogP contribution < -0.4 is 5.56 Å². The number of nitrogens with zero attached hydrogens (tertiary/aromatic N) is 1. The highest BCUT2D eigenvalue weighted by atomic mass is 16.5. The molecule has 0 amide bonds. The summed E-state index contributed by atoms with van der Waals surface area (Å²) in [4.78, 5) is 23.1. The van der Waals surface area contributed by atoms with E-state index in [-0.39, 0.29) is 11.7 Å². The van der Waals surface area contributed by atoms with E-state index in [0.717, 1.165) is 36.8 Å². The van der Waals surface area contributed by atoms with E-state index in [0.29, 0.717) is 12.1 Å². The van der Waals surface area contributed by atoms with E-state index in [1.54, 1.807) is 4.57 Å². The first-order valence-corrected chi connectivity index (χ1v) is 6.72. The molecular weight excluding hydrogens is 258 g/mol. The number of hydrogen-bond acceptors (Lipinski definition) is 3. The maximum absolute atomic E-state index is 12.5. The van der Waals surface area contributed by atoms with Gasteiger partial charge in [-0.1, -0.05) is 0 Å². The monoisotopic (exact) mass is 277 g/mol. The van der Waals surface area contributed by atoms with Gasteiger partial charge in [0.15, 0.2) is 0 Å².